The van der Waals surface area contributed by atoms with E-state index in [-0.39, 0.29) is 5.97 Å². The van der Waals surface area contributed by atoms with E-state index < -0.39 is 0 Å². The predicted octanol–water partition coefficient (Wildman–Crippen LogP) is 4.37. The molecule has 0 radical (unpaired) electrons. The average Bonchev–Trinajstić information content (AvgIpc) is 2.66. The van der Waals surface area contributed by atoms with Gasteiger partial charge in [-0.25, -0.2) is 9.78 Å². The van der Waals surface area contributed by atoms with Crippen molar-refractivity contribution in [1.82, 2.24) is 9.97 Å². The Kier molecular flexibility index (Phi) is 5.12. The molecule has 2 N–H and O–H groups in total. The lowest BCUT2D eigenvalue weighted by Crippen LogP contribution is -2.03. The quantitative estimate of drug-likeness (QED) is 0.667. The largest absolute Gasteiger partial charge is 0.465 e. The molecule has 0 aliphatic rings. The summed E-state index contributed by atoms with van der Waals surface area (Å²) in [6.07, 6.45) is 1.69. The van der Waals surface area contributed by atoms with Gasteiger partial charge in [-0.3, -0.25) is 0 Å². The number of carbonyl (C=O) groups excluding carboxylic acids is 1. The first-order valence-electron chi connectivity index (χ1n) is 8.18. The standard InChI is InChI=1S/C20H20N4O2/c1-13-5-4-6-17(14(13)2)23-20-21-12-11-18(24-20)22-16-9-7-15(8-10-16)19(25)26-3/h4-12H,1-3H3,(H2,21,22,23,24). The molecule has 132 valence electrons. The minimum atomic E-state index is -0.362. The van der Waals surface area contributed by atoms with Gasteiger partial charge in [0.25, 0.3) is 0 Å². The zero-order chi connectivity index (χ0) is 18.5. The fourth-order valence-electron chi connectivity index (χ4n) is 2.45. The summed E-state index contributed by atoms with van der Waals surface area (Å²) in [4.78, 5) is 20.2. The Bertz CT molecular complexity index is 923. The van der Waals surface area contributed by atoms with E-state index in [0.29, 0.717) is 17.3 Å². The fourth-order valence-corrected chi connectivity index (χ4v) is 2.45. The van der Waals surface area contributed by atoms with E-state index in [1.807, 2.05) is 12.1 Å². The van der Waals surface area contributed by atoms with Crippen molar-refractivity contribution in [3.8, 4) is 0 Å². The van der Waals surface area contributed by atoms with Gasteiger partial charge in [0.05, 0.1) is 12.7 Å². The summed E-state index contributed by atoms with van der Waals surface area (Å²) in [6.45, 7) is 4.12. The summed E-state index contributed by atoms with van der Waals surface area (Å²) < 4.78 is 4.70. The van der Waals surface area contributed by atoms with Gasteiger partial charge >= 0.3 is 5.97 Å². The van der Waals surface area contributed by atoms with Crippen LogP contribution in [-0.4, -0.2) is 23.0 Å². The second-order valence-corrected chi connectivity index (χ2v) is 5.83. The lowest BCUT2D eigenvalue weighted by atomic mass is 10.1. The third-order valence-corrected chi connectivity index (χ3v) is 4.09. The Morgan fingerprint density at radius 2 is 1.77 bits per heavy atom. The molecule has 2 aromatic carbocycles. The van der Waals surface area contributed by atoms with Crippen molar-refractivity contribution in [2.45, 2.75) is 13.8 Å². The number of carbonyl (C=O) groups is 1. The highest BCUT2D eigenvalue weighted by Gasteiger charge is 2.06. The van der Waals surface area contributed by atoms with Gasteiger partial charge < -0.3 is 15.4 Å². The van der Waals surface area contributed by atoms with Crippen LogP contribution in [0, 0.1) is 13.8 Å². The lowest BCUT2D eigenvalue weighted by Gasteiger charge is -2.11. The van der Waals surface area contributed by atoms with E-state index in [1.165, 1.54) is 12.7 Å². The number of hydrogen-bond donors (Lipinski definition) is 2. The van der Waals surface area contributed by atoms with E-state index in [4.69, 9.17) is 4.74 Å². The maximum Gasteiger partial charge on any atom is 0.337 e. The third-order valence-electron chi connectivity index (χ3n) is 4.09. The topological polar surface area (TPSA) is 76.1 Å². The van der Waals surface area contributed by atoms with Crippen molar-refractivity contribution in [2.24, 2.45) is 0 Å². The maximum atomic E-state index is 11.5. The fraction of sp³-hybridized carbons (Fsp3) is 0.150. The molecule has 3 rings (SSSR count). The van der Waals surface area contributed by atoms with E-state index in [1.54, 1.807) is 36.5 Å². The van der Waals surface area contributed by atoms with Gasteiger partial charge in [-0.2, -0.15) is 4.98 Å². The Balaban J connectivity index is 1.75. The van der Waals surface area contributed by atoms with Crippen LogP contribution >= 0.6 is 0 Å². The van der Waals surface area contributed by atoms with Gasteiger partial charge in [0, 0.05) is 17.6 Å². The molecular formula is C20H20N4O2. The van der Waals surface area contributed by atoms with Crippen LogP contribution in [-0.2, 0) is 4.74 Å². The third kappa shape index (κ3) is 3.97. The molecule has 0 atom stereocenters. The Hall–Kier alpha value is -3.41. The van der Waals surface area contributed by atoms with E-state index >= 15 is 0 Å². The molecule has 0 bridgehead atoms. The first kappa shape index (κ1) is 17.4. The Labute approximate surface area is 152 Å². The molecule has 0 fully saturated rings. The summed E-state index contributed by atoms with van der Waals surface area (Å²) in [7, 11) is 1.36. The first-order chi connectivity index (χ1) is 12.6. The van der Waals surface area contributed by atoms with Gasteiger partial charge in [-0.15, -0.1) is 0 Å². The average molecular weight is 348 g/mol. The molecule has 0 saturated carbocycles. The molecule has 0 saturated heterocycles. The molecule has 0 aliphatic carbocycles. The number of nitrogens with one attached hydrogen (secondary N) is 2. The molecular weight excluding hydrogens is 328 g/mol. The lowest BCUT2D eigenvalue weighted by molar-refractivity contribution is 0.0601. The maximum absolute atomic E-state index is 11.5. The summed E-state index contributed by atoms with van der Waals surface area (Å²) in [5.41, 5.74) is 4.65. The number of benzene rings is 2. The van der Waals surface area contributed by atoms with E-state index in [2.05, 4.69) is 40.5 Å². The summed E-state index contributed by atoms with van der Waals surface area (Å²) in [5.74, 6) is 0.798. The van der Waals surface area contributed by atoms with Crippen LogP contribution < -0.4 is 10.6 Å². The molecule has 1 aromatic heterocycles. The van der Waals surface area contributed by atoms with Crippen LogP contribution in [0.3, 0.4) is 0 Å². The second-order valence-electron chi connectivity index (χ2n) is 5.83. The van der Waals surface area contributed by atoms with Crippen molar-refractivity contribution in [2.75, 3.05) is 17.7 Å². The smallest absolute Gasteiger partial charge is 0.337 e. The number of aromatic nitrogens is 2. The minimum absolute atomic E-state index is 0.362. The second kappa shape index (κ2) is 7.65. The summed E-state index contributed by atoms with van der Waals surface area (Å²) in [5, 5.41) is 6.44. The SMILES string of the molecule is COC(=O)c1ccc(Nc2ccnc(Nc3cccc(C)c3C)n2)cc1. The van der Waals surface area contributed by atoms with Crippen molar-refractivity contribution in [3.05, 3.63) is 71.4 Å². The summed E-state index contributed by atoms with van der Waals surface area (Å²) in [6, 6.07) is 14.8. The monoisotopic (exact) mass is 348 g/mol. The molecule has 0 spiro atoms. The minimum Gasteiger partial charge on any atom is -0.465 e. The van der Waals surface area contributed by atoms with Gasteiger partial charge in [0.15, 0.2) is 0 Å². The molecule has 6 heteroatoms. The van der Waals surface area contributed by atoms with Crippen molar-refractivity contribution in [3.63, 3.8) is 0 Å². The summed E-state index contributed by atoms with van der Waals surface area (Å²) >= 11 is 0. The van der Waals surface area contributed by atoms with E-state index in [0.717, 1.165) is 16.9 Å². The normalized spacial score (nSPS) is 10.3. The zero-order valence-electron chi connectivity index (χ0n) is 14.9. The molecule has 1 heterocycles. The highest BCUT2D eigenvalue weighted by atomic mass is 16.5. The number of ether oxygens (including phenoxy) is 1. The van der Waals surface area contributed by atoms with Gasteiger partial charge in [0.1, 0.15) is 5.82 Å². The number of anilines is 4. The van der Waals surface area contributed by atoms with Crippen LogP contribution in [0.2, 0.25) is 0 Å². The highest BCUT2D eigenvalue weighted by molar-refractivity contribution is 5.89. The highest BCUT2D eigenvalue weighted by Crippen LogP contribution is 2.22. The Morgan fingerprint density at radius 3 is 2.50 bits per heavy atom. The number of hydrogen-bond acceptors (Lipinski definition) is 6. The number of esters is 1. The van der Waals surface area contributed by atoms with Gasteiger partial charge in [-0.05, 0) is 61.4 Å². The molecule has 26 heavy (non-hydrogen) atoms. The van der Waals surface area contributed by atoms with Crippen LogP contribution in [0.5, 0.6) is 0 Å². The van der Waals surface area contributed by atoms with Gasteiger partial charge in [0.2, 0.25) is 5.95 Å². The molecule has 0 unspecified atom stereocenters. The van der Waals surface area contributed by atoms with Crippen LogP contribution in [0.1, 0.15) is 21.5 Å². The Morgan fingerprint density at radius 1 is 1.00 bits per heavy atom. The van der Waals surface area contributed by atoms with Crippen molar-refractivity contribution < 1.29 is 9.53 Å². The number of nitrogens with zero attached hydrogens (tertiary/aromatic N) is 2. The molecule has 3 aromatic rings. The van der Waals surface area contributed by atoms with Crippen LogP contribution in [0.15, 0.2) is 54.7 Å². The first-order valence-corrected chi connectivity index (χ1v) is 8.18. The van der Waals surface area contributed by atoms with Gasteiger partial charge in [-0.1, -0.05) is 12.1 Å². The zero-order valence-corrected chi connectivity index (χ0v) is 14.9. The van der Waals surface area contributed by atoms with E-state index in [9.17, 15) is 4.79 Å². The van der Waals surface area contributed by atoms with Crippen LogP contribution in [0.25, 0.3) is 0 Å². The van der Waals surface area contributed by atoms with Crippen molar-refractivity contribution >= 4 is 29.1 Å². The molecule has 0 aliphatic heterocycles. The predicted molar refractivity (Wildman–Crippen MR) is 102 cm³/mol. The number of methoxy groups -OCH3 is 1. The molecule has 6 nitrogen and oxygen atoms in total. The van der Waals surface area contributed by atoms with Crippen molar-refractivity contribution in [1.29, 1.82) is 0 Å². The number of rotatable bonds is 5. The molecule has 0 amide bonds. The van der Waals surface area contributed by atoms with Crippen LogP contribution in [0.4, 0.5) is 23.1 Å². The number of aryl methyl sites for hydroxylation is 1.